The van der Waals surface area contributed by atoms with Gasteiger partial charge in [0.2, 0.25) is 0 Å². The lowest BCUT2D eigenvalue weighted by atomic mass is 10.1. The van der Waals surface area contributed by atoms with Crippen molar-refractivity contribution >= 4 is 11.9 Å². The number of anilines is 1. The number of rotatable bonds is 3. The second-order valence-corrected chi connectivity index (χ2v) is 4.18. The maximum Gasteiger partial charge on any atom is 0.351 e. The predicted molar refractivity (Wildman–Crippen MR) is 68.1 cm³/mol. The lowest BCUT2D eigenvalue weighted by molar-refractivity contribution is -0.0375. The Labute approximate surface area is 112 Å². The SMILES string of the molecule is C=Cc1cn(C2OC(CO)/C(=C/F)C2F)c(=O)nc1N. The van der Waals surface area contributed by atoms with Gasteiger partial charge in [-0.1, -0.05) is 12.7 Å². The molecule has 1 aromatic heterocycles. The zero-order valence-electron chi connectivity index (χ0n) is 10.4. The van der Waals surface area contributed by atoms with Gasteiger partial charge in [0.1, 0.15) is 11.9 Å². The van der Waals surface area contributed by atoms with Crippen LogP contribution in [-0.2, 0) is 4.74 Å². The number of halogens is 2. The smallest absolute Gasteiger partial charge is 0.351 e. The molecule has 0 aliphatic carbocycles. The molecule has 0 spiro atoms. The molecule has 1 fully saturated rings. The molecule has 2 rings (SSSR count). The monoisotopic (exact) mass is 285 g/mol. The first-order chi connectivity index (χ1) is 9.53. The summed E-state index contributed by atoms with van der Waals surface area (Å²) in [5.41, 5.74) is 4.62. The van der Waals surface area contributed by atoms with Crippen molar-refractivity contribution in [1.82, 2.24) is 9.55 Å². The van der Waals surface area contributed by atoms with Crippen LogP contribution in [0.5, 0.6) is 0 Å². The van der Waals surface area contributed by atoms with Gasteiger partial charge in [0.05, 0.1) is 12.9 Å². The summed E-state index contributed by atoms with van der Waals surface area (Å²) in [6.45, 7) is 2.89. The van der Waals surface area contributed by atoms with Crippen LogP contribution >= 0.6 is 0 Å². The van der Waals surface area contributed by atoms with E-state index >= 15 is 0 Å². The molecule has 1 saturated heterocycles. The molecule has 0 amide bonds. The maximum absolute atomic E-state index is 14.1. The van der Waals surface area contributed by atoms with Crippen molar-refractivity contribution in [2.24, 2.45) is 0 Å². The zero-order chi connectivity index (χ0) is 14.9. The molecule has 0 saturated carbocycles. The molecule has 1 aromatic rings. The van der Waals surface area contributed by atoms with Gasteiger partial charge in [-0.3, -0.25) is 4.57 Å². The van der Waals surface area contributed by atoms with Gasteiger partial charge < -0.3 is 15.6 Å². The van der Waals surface area contributed by atoms with Gasteiger partial charge >= 0.3 is 5.69 Å². The third-order valence-corrected chi connectivity index (χ3v) is 3.04. The molecule has 108 valence electrons. The van der Waals surface area contributed by atoms with Gasteiger partial charge in [-0.2, -0.15) is 4.98 Å². The molecule has 1 aliphatic heterocycles. The van der Waals surface area contributed by atoms with Crippen LogP contribution in [0, 0.1) is 0 Å². The van der Waals surface area contributed by atoms with Crippen molar-refractivity contribution in [3.05, 3.63) is 40.7 Å². The van der Waals surface area contributed by atoms with Crippen LogP contribution in [0.1, 0.15) is 11.8 Å². The quantitative estimate of drug-likeness (QED) is 0.846. The fourth-order valence-corrected chi connectivity index (χ4v) is 1.98. The topological polar surface area (TPSA) is 90.4 Å². The summed E-state index contributed by atoms with van der Waals surface area (Å²) in [6.07, 6.45) is -1.85. The highest BCUT2D eigenvalue weighted by Gasteiger charge is 2.42. The minimum atomic E-state index is -1.90. The van der Waals surface area contributed by atoms with Gasteiger partial charge in [-0.15, -0.1) is 0 Å². The molecule has 1 aliphatic rings. The van der Waals surface area contributed by atoms with E-state index in [0.717, 1.165) is 4.57 Å². The highest BCUT2D eigenvalue weighted by molar-refractivity contribution is 5.57. The van der Waals surface area contributed by atoms with Crippen molar-refractivity contribution in [3.8, 4) is 0 Å². The van der Waals surface area contributed by atoms with E-state index in [1.54, 1.807) is 0 Å². The number of nitrogen functional groups attached to an aromatic ring is 1. The standard InChI is InChI=1S/C12H13F2N3O3/c1-2-6-4-17(12(19)16-10(6)15)11-9(14)7(3-13)8(5-18)20-11/h2-4,8-9,11,18H,1,5H2,(H2,15,16,19)/b7-3-. The summed E-state index contributed by atoms with van der Waals surface area (Å²) >= 11 is 0. The van der Waals surface area contributed by atoms with Crippen molar-refractivity contribution in [3.63, 3.8) is 0 Å². The Bertz CT molecular complexity index is 614. The molecule has 3 atom stereocenters. The third kappa shape index (κ3) is 2.23. The summed E-state index contributed by atoms with van der Waals surface area (Å²) in [6, 6.07) is 0. The number of aliphatic hydroxyl groups excluding tert-OH is 1. The van der Waals surface area contributed by atoms with E-state index in [0.29, 0.717) is 5.56 Å². The fourth-order valence-electron chi connectivity index (χ4n) is 1.98. The van der Waals surface area contributed by atoms with E-state index < -0.39 is 30.8 Å². The minimum absolute atomic E-state index is 0.0374. The number of alkyl halides is 1. The van der Waals surface area contributed by atoms with E-state index in [-0.39, 0.29) is 17.7 Å². The maximum atomic E-state index is 14.1. The van der Waals surface area contributed by atoms with Gasteiger partial charge in [0.25, 0.3) is 0 Å². The predicted octanol–water partition coefficient (Wildman–Crippen LogP) is 0.550. The molecular weight excluding hydrogens is 272 g/mol. The van der Waals surface area contributed by atoms with Crippen LogP contribution < -0.4 is 11.4 Å². The lowest BCUT2D eigenvalue weighted by Crippen LogP contribution is -2.31. The average molecular weight is 285 g/mol. The first-order valence-electron chi connectivity index (χ1n) is 5.75. The van der Waals surface area contributed by atoms with Gasteiger partial charge in [-0.05, 0) is 0 Å². The van der Waals surface area contributed by atoms with Crippen LogP contribution in [0.15, 0.2) is 29.5 Å². The van der Waals surface area contributed by atoms with Gasteiger partial charge in [-0.25, -0.2) is 13.6 Å². The Hall–Kier alpha value is -2.06. The van der Waals surface area contributed by atoms with E-state index in [1.165, 1.54) is 12.3 Å². The van der Waals surface area contributed by atoms with Crippen LogP contribution in [0.3, 0.4) is 0 Å². The second-order valence-electron chi connectivity index (χ2n) is 4.18. The average Bonchev–Trinajstić information content (AvgIpc) is 2.75. The molecule has 0 radical (unpaired) electrons. The third-order valence-electron chi connectivity index (χ3n) is 3.04. The number of nitrogens with two attached hydrogens (primary N) is 1. The molecule has 2 heterocycles. The molecular formula is C12H13F2N3O3. The summed E-state index contributed by atoms with van der Waals surface area (Å²) in [4.78, 5) is 15.3. The Morgan fingerprint density at radius 1 is 1.65 bits per heavy atom. The summed E-state index contributed by atoms with van der Waals surface area (Å²) in [5.74, 6) is -0.0466. The number of hydrogen-bond donors (Lipinski definition) is 2. The zero-order valence-corrected chi connectivity index (χ0v) is 10.4. The number of nitrogens with zero attached hydrogens (tertiary/aromatic N) is 2. The molecule has 0 aromatic carbocycles. The summed E-state index contributed by atoms with van der Waals surface area (Å²) in [7, 11) is 0. The van der Waals surface area contributed by atoms with E-state index in [1.807, 2.05) is 0 Å². The normalized spacial score (nSPS) is 27.9. The van der Waals surface area contributed by atoms with E-state index in [4.69, 9.17) is 15.6 Å². The van der Waals surface area contributed by atoms with Gasteiger partial charge in [0, 0.05) is 17.3 Å². The number of aromatic nitrogens is 2. The van der Waals surface area contributed by atoms with E-state index in [2.05, 4.69) is 11.6 Å². The van der Waals surface area contributed by atoms with E-state index in [9.17, 15) is 13.6 Å². The molecule has 3 N–H and O–H groups in total. The summed E-state index contributed by atoms with van der Waals surface area (Å²) in [5, 5.41) is 9.03. The Kier molecular flexibility index (Phi) is 3.96. The highest BCUT2D eigenvalue weighted by Crippen LogP contribution is 2.35. The number of aliphatic hydroxyl groups is 1. The second kappa shape index (κ2) is 5.51. The van der Waals surface area contributed by atoms with Gasteiger partial charge in [0.15, 0.2) is 12.4 Å². The molecule has 0 bridgehead atoms. The number of hydrogen-bond acceptors (Lipinski definition) is 5. The largest absolute Gasteiger partial charge is 0.393 e. The lowest BCUT2D eigenvalue weighted by Gasteiger charge is -2.16. The molecule has 20 heavy (non-hydrogen) atoms. The van der Waals surface area contributed by atoms with Crippen molar-refractivity contribution in [2.45, 2.75) is 18.5 Å². The van der Waals surface area contributed by atoms with Crippen molar-refractivity contribution < 1.29 is 18.6 Å². The number of ether oxygens (including phenoxy) is 1. The Morgan fingerprint density at radius 2 is 2.35 bits per heavy atom. The molecule has 6 nitrogen and oxygen atoms in total. The van der Waals surface area contributed by atoms with Crippen molar-refractivity contribution in [2.75, 3.05) is 12.3 Å². The highest BCUT2D eigenvalue weighted by atomic mass is 19.1. The van der Waals surface area contributed by atoms with Crippen LogP contribution in [-0.4, -0.2) is 33.5 Å². The first kappa shape index (κ1) is 14.4. The van der Waals surface area contributed by atoms with Crippen LogP contribution in [0.4, 0.5) is 14.6 Å². The first-order valence-corrected chi connectivity index (χ1v) is 5.75. The van der Waals surface area contributed by atoms with Crippen LogP contribution in [0.2, 0.25) is 0 Å². The fraction of sp³-hybridized carbons (Fsp3) is 0.333. The molecule has 3 unspecified atom stereocenters. The minimum Gasteiger partial charge on any atom is -0.393 e. The Morgan fingerprint density at radius 3 is 2.85 bits per heavy atom. The summed E-state index contributed by atoms with van der Waals surface area (Å²) < 4.78 is 32.8. The van der Waals surface area contributed by atoms with Crippen LogP contribution in [0.25, 0.3) is 6.08 Å². The molecule has 8 heteroatoms. The van der Waals surface area contributed by atoms with Crippen molar-refractivity contribution in [1.29, 1.82) is 0 Å². The Balaban J connectivity index is 2.47.